The Hall–Kier alpha value is -2.68. The predicted octanol–water partition coefficient (Wildman–Crippen LogP) is 1.92. The van der Waals surface area contributed by atoms with Gasteiger partial charge in [0.1, 0.15) is 0 Å². The van der Waals surface area contributed by atoms with Crippen molar-refractivity contribution in [1.82, 2.24) is 9.88 Å². The number of oxazole rings is 1. The van der Waals surface area contributed by atoms with Crippen molar-refractivity contribution in [1.29, 1.82) is 0 Å². The highest BCUT2D eigenvalue weighted by molar-refractivity contribution is 5.76. The minimum Gasteiger partial charge on any atom is -0.407 e. The standard InChI is InChI=1S/C17H24N4O5/c1-3-17(18,4-2)11-19-15(22)6-5-9-20-13-8-7-12(21(24)25)10-14(13)26-16(20)23/h7-8,10H,3-6,9,11,18H2,1-2H3,(H,19,22). The van der Waals surface area contributed by atoms with Crippen molar-refractivity contribution in [2.75, 3.05) is 6.54 Å². The molecule has 26 heavy (non-hydrogen) atoms. The van der Waals surface area contributed by atoms with E-state index < -0.39 is 16.2 Å². The van der Waals surface area contributed by atoms with Crippen LogP contribution in [0.5, 0.6) is 0 Å². The molecule has 0 fully saturated rings. The number of nitro groups is 1. The molecule has 2 rings (SSSR count). The Morgan fingerprint density at radius 3 is 2.69 bits per heavy atom. The summed E-state index contributed by atoms with van der Waals surface area (Å²) in [6.07, 6.45) is 2.22. The molecule has 1 aromatic carbocycles. The average molecular weight is 364 g/mol. The molecule has 0 spiro atoms. The number of benzene rings is 1. The molecule has 0 saturated heterocycles. The highest BCUT2D eigenvalue weighted by Gasteiger charge is 2.20. The summed E-state index contributed by atoms with van der Waals surface area (Å²) >= 11 is 0. The minimum atomic E-state index is -0.598. The van der Waals surface area contributed by atoms with Gasteiger partial charge >= 0.3 is 5.76 Å². The van der Waals surface area contributed by atoms with E-state index in [1.54, 1.807) is 0 Å². The lowest BCUT2D eigenvalue weighted by molar-refractivity contribution is -0.384. The number of fused-ring (bicyclic) bond motifs is 1. The molecule has 142 valence electrons. The fourth-order valence-corrected chi connectivity index (χ4v) is 2.64. The van der Waals surface area contributed by atoms with Crippen LogP contribution in [0.3, 0.4) is 0 Å². The summed E-state index contributed by atoms with van der Waals surface area (Å²) < 4.78 is 6.43. The second-order valence-corrected chi connectivity index (χ2v) is 6.38. The Morgan fingerprint density at radius 2 is 2.08 bits per heavy atom. The average Bonchev–Trinajstić information content (AvgIpc) is 2.94. The zero-order valence-corrected chi connectivity index (χ0v) is 15.0. The number of nitrogens with two attached hydrogens (primary N) is 1. The van der Waals surface area contributed by atoms with E-state index in [0.717, 1.165) is 12.8 Å². The maximum Gasteiger partial charge on any atom is 0.419 e. The zero-order valence-electron chi connectivity index (χ0n) is 15.0. The Kier molecular flexibility index (Phi) is 6.14. The molecule has 0 unspecified atom stereocenters. The van der Waals surface area contributed by atoms with Crippen molar-refractivity contribution < 1.29 is 14.1 Å². The summed E-state index contributed by atoms with van der Waals surface area (Å²) in [5.74, 6) is -0.725. The van der Waals surface area contributed by atoms with Gasteiger partial charge in [-0.05, 0) is 25.3 Å². The van der Waals surface area contributed by atoms with Gasteiger partial charge in [-0.25, -0.2) is 4.79 Å². The Balaban J connectivity index is 1.95. The molecule has 0 aliphatic carbocycles. The number of aromatic nitrogens is 1. The van der Waals surface area contributed by atoms with Crippen LogP contribution in [-0.4, -0.2) is 27.5 Å². The van der Waals surface area contributed by atoms with Crippen LogP contribution in [0.2, 0.25) is 0 Å². The molecule has 1 aromatic heterocycles. The number of hydrogen-bond donors (Lipinski definition) is 2. The van der Waals surface area contributed by atoms with Crippen molar-refractivity contribution in [3.63, 3.8) is 0 Å². The van der Waals surface area contributed by atoms with E-state index in [1.807, 2.05) is 13.8 Å². The molecule has 3 N–H and O–H groups in total. The number of non-ortho nitro benzene ring substituents is 1. The molecule has 1 heterocycles. The van der Waals surface area contributed by atoms with Gasteiger partial charge in [-0.15, -0.1) is 0 Å². The van der Waals surface area contributed by atoms with E-state index in [9.17, 15) is 19.7 Å². The molecule has 0 atom stereocenters. The van der Waals surface area contributed by atoms with Gasteiger partial charge in [0, 0.05) is 31.1 Å². The topological polar surface area (TPSA) is 133 Å². The van der Waals surface area contributed by atoms with Crippen LogP contribution in [0, 0.1) is 10.1 Å². The first kappa shape index (κ1) is 19.6. The van der Waals surface area contributed by atoms with Gasteiger partial charge in [-0.2, -0.15) is 0 Å². The first-order chi connectivity index (χ1) is 12.3. The second kappa shape index (κ2) is 8.13. The molecule has 1 amide bonds. The fourth-order valence-electron chi connectivity index (χ4n) is 2.64. The predicted molar refractivity (Wildman–Crippen MR) is 96.9 cm³/mol. The summed E-state index contributed by atoms with van der Waals surface area (Å²) in [4.78, 5) is 34.1. The van der Waals surface area contributed by atoms with Crippen LogP contribution >= 0.6 is 0 Å². The molecule has 0 radical (unpaired) electrons. The number of nitrogens with one attached hydrogen (secondary N) is 1. The molecule has 2 aromatic rings. The normalized spacial score (nSPS) is 11.7. The van der Waals surface area contributed by atoms with E-state index in [0.29, 0.717) is 18.5 Å². The van der Waals surface area contributed by atoms with Gasteiger partial charge in [-0.3, -0.25) is 19.5 Å². The number of carbonyl (C=O) groups excluding carboxylic acids is 1. The number of aryl methyl sites for hydroxylation is 1. The van der Waals surface area contributed by atoms with Crippen molar-refractivity contribution in [3.8, 4) is 0 Å². The fraction of sp³-hybridized carbons (Fsp3) is 0.529. The van der Waals surface area contributed by atoms with Gasteiger partial charge < -0.3 is 15.5 Å². The summed E-state index contributed by atoms with van der Waals surface area (Å²) in [5.41, 5.74) is 6.23. The number of amides is 1. The number of hydrogen-bond acceptors (Lipinski definition) is 6. The first-order valence-electron chi connectivity index (χ1n) is 8.63. The number of rotatable bonds is 9. The maximum absolute atomic E-state index is 12.0. The molecular formula is C17H24N4O5. The molecular weight excluding hydrogens is 340 g/mol. The third-order valence-electron chi connectivity index (χ3n) is 4.69. The van der Waals surface area contributed by atoms with Crippen LogP contribution in [0.1, 0.15) is 39.5 Å². The summed E-state index contributed by atoms with van der Waals surface area (Å²) in [5, 5.41) is 13.6. The molecule has 0 saturated carbocycles. The van der Waals surface area contributed by atoms with Crippen LogP contribution in [0.4, 0.5) is 5.69 Å². The summed E-state index contributed by atoms with van der Waals surface area (Å²) in [6, 6.07) is 4.01. The van der Waals surface area contributed by atoms with Crippen molar-refractivity contribution in [2.45, 2.75) is 51.6 Å². The highest BCUT2D eigenvalue weighted by atomic mass is 16.6. The second-order valence-electron chi connectivity index (χ2n) is 6.38. The maximum atomic E-state index is 12.0. The lowest BCUT2D eigenvalue weighted by Gasteiger charge is -2.26. The van der Waals surface area contributed by atoms with E-state index in [4.69, 9.17) is 10.2 Å². The van der Waals surface area contributed by atoms with Crippen LogP contribution in [0.15, 0.2) is 27.4 Å². The summed E-state index contributed by atoms with van der Waals surface area (Å²) in [7, 11) is 0. The monoisotopic (exact) mass is 364 g/mol. The molecule has 0 bridgehead atoms. The number of carbonyl (C=O) groups is 1. The van der Waals surface area contributed by atoms with E-state index in [-0.39, 0.29) is 30.1 Å². The van der Waals surface area contributed by atoms with Gasteiger partial charge in [-0.1, -0.05) is 13.8 Å². The lowest BCUT2D eigenvalue weighted by atomic mass is 9.94. The lowest BCUT2D eigenvalue weighted by Crippen LogP contribution is -2.49. The quantitative estimate of drug-likeness (QED) is 0.516. The highest BCUT2D eigenvalue weighted by Crippen LogP contribution is 2.20. The molecule has 9 heteroatoms. The van der Waals surface area contributed by atoms with Gasteiger partial charge in [0.2, 0.25) is 5.91 Å². The Bertz CT molecular complexity index is 850. The Morgan fingerprint density at radius 1 is 1.38 bits per heavy atom. The first-order valence-corrected chi connectivity index (χ1v) is 8.63. The van der Waals surface area contributed by atoms with E-state index in [2.05, 4.69) is 5.32 Å². The number of nitro benzene ring substituents is 1. The molecule has 0 aliphatic heterocycles. The van der Waals surface area contributed by atoms with Gasteiger partial charge in [0.15, 0.2) is 5.58 Å². The minimum absolute atomic E-state index is 0.127. The van der Waals surface area contributed by atoms with Crippen molar-refractivity contribution in [2.24, 2.45) is 5.73 Å². The Labute approximate surface area is 150 Å². The van der Waals surface area contributed by atoms with Crippen LogP contribution in [0.25, 0.3) is 11.1 Å². The smallest absolute Gasteiger partial charge is 0.407 e. The zero-order chi connectivity index (χ0) is 19.3. The van der Waals surface area contributed by atoms with Gasteiger partial charge in [0.25, 0.3) is 5.69 Å². The van der Waals surface area contributed by atoms with Gasteiger partial charge in [0.05, 0.1) is 16.5 Å². The third-order valence-corrected chi connectivity index (χ3v) is 4.69. The van der Waals surface area contributed by atoms with Crippen LogP contribution in [-0.2, 0) is 11.3 Å². The molecule has 0 aliphatic rings. The van der Waals surface area contributed by atoms with Crippen molar-refractivity contribution >= 4 is 22.7 Å². The number of nitrogens with zero attached hydrogens (tertiary/aromatic N) is 2. The molecule has 9 nitrogen and oxygen atoms in total. The SMILES string of the molecule is CCC(N)(CC)CNC(=O)CCCn1c(=O)oc2cc([N+](=O)[O-])ccc21. The van der Waals surface area contributed by atoms with Crippen molar-refractivity contribution in [3.05, 3.63) is 38.9 Å². The van der Waals surface area contributed by atoms with E-state index >= 15 is 0 Å². The van der Waals surface area contributed by atoms with Crippen LogP contribution < -0.4 is 16.8 Å². The van der Waals surface area contributed by atoms with E-state index in [1.165, 1.54) is 22.8 Å². The summed E-state index contributed by atoms with van der Waals surface area (Å²) in [6.45, 7) is 4.66. The third kappa shape index (κ3) is 4.48. The largest absolute Gasteiger partial charge is 0.419 e.